The Bertz CT molecular complexity index is 1430. The summed E-state index contributed by atoms with van der Waals surface area (Å²) in [5.41, 5.74) is 3.40. The highest BCUT2D eigenvalue weighted by atomic mass is 35.5. The maximum Gasteiger partial charge on any atom is 0.256 e. The van der Waals surface area contributed by atoms with Crippen LogP contribution in [0.4, 0.5) is 11.4 Å². The number of fused-ring (bicyclic) bond motifs is 1. The maximum atomic E-state index is 13.5. The number of rotatable bonds is 8. The molecule has 8 heteroatoms. The number of methoxy groups -OCH3 is 2. The minimum atomic E-state index is -0.353. The van der Waals surface area contributed by atoms with Gasteiger partial charge in [0.05, 0.1) is 19.7 Å². The van der Waals surface area contributed by atoms with E-state index in [-0.39, 0.29) is 18.0 Å². The molecule has 1 heterocycles. The number of amides is 1. The Hall–Kier alpha value is -3.97. The van der Waals surface area contributed by atoms with Gasteiger partial charge >= 0.3 is 0 Å². The minimum Gasteiger partial charge on any atom is -0.493 e. The number of nitrogens with zero attached hydrogens (tertiary/aromatic N) is 1. The third kappa shape index (κ3) is 5.58. The van der Waals surface area contributed by atoms with E-state index in [1.807, 2.05) is 37.3 Å². The molecular formula is C27H26ClN3O4. The zero-order valence-electron chi connectivity index (χ0n) is 19.7. The molecule has 0 unspecified atom stereocenters. The van der Waals surface area contributed by atoms with Crippen molar-refractivity contribution in [2.45, 2.75) is 20.0 Å². The van der Waals surface area contributed by atoms with Crippen molar-refractivity contribution in [1.82, 2.24) is 4.57 Å². The van der Waals surface area contributed by atoms with E-state index in [0.717, 1.165) is 16.6 Å². The number of hydrogen-bond donors (Lipinski definition) is 2. The van der Waals surface area contributed by atoms with Gasteiger partial charge in [0.25, 0.3) is 5.56 Å². The zero-order valence-corrected chi connectivity index (χ0v) is 20.5. The molecule has 3 aromatic carbocycles. The number of benzene rings is 3. The summed E-state index contributed by atoms with van der Waals surface area (Å²) in [7, 11) is 3.08. The number of ether oxygens (including phenoxy) is 2. The first kappa shape index (κ1) is 24.2. The van der Waals surface area contributed by atoms with Gasteiger partial charge in [-0.2, -0.15) is 0 Å². The highest BCUT2D eigenvalue weighted by Crippen LogP contribution is 2.32. The van der Waals surface area contributed by atoms with Gasteiger partial charge in [-0.15, -0.1) is 0 Å². The van der Waals surface area contributed by atoms with Crippen LogP contribution in [0.2, 0.25) is 5.02 Å². The summed E-state index contributed by atoms with van der Waals surface area (Å²) < 4.78 is 12.3. The van der Waals surface area contributed by atoms with Gasteiger partial charge in [-0.05, 0) is 49.4 Å². The van der Waals surface area contributed by atoms with Crippen molar-refractivity contribution in [3.8, 4) is 11.5 Å². The molecule has 0 aliphatic rings. The van der Waals surface area contributed by atoms with Gasteiger partial charge in [-0.3, -0.25) is 14.2 Å². The molecule has 35 heavy (non-hydrogen) atoms. The average molecular weight is 492 g/mol. The molecule has 180 valence electrons. The predicted molar refractivity (Wildman–Crippen MR) is 140 cm³/mol. The van der Waals surface area contributed by atoms with Crippen LogP contribution < -0.4 is 25.7 Å². The average Bonchev–Trinajstić information content (AvgIpc) is 2.85. The third-order valence-corrected chi connectivity index (χ3v) is 5.85. The Balaban J connectivity index is 1.73. The molecule has 0 spiro atoms. The molecule has 0 radical (unpaired) electrons. The molecule has 4 aromatic rings. The molecule has 4 rings (SSSR count). The molecule has 0 aliphatic carbocycles. The van der Waals surface area contributed by atoms with Crippen molar-refractivity contribution in [3.63, 3.8) is 0 Å². The molecule has 0 saturated heterocycles. The molecule has 0 aliphatic heterocycles. The van der Waals surface area contributed by atoms with E-state index >= 15 is 0 Å². The summed E-state index contributed by atoms with van der Waals surface area (Å²) in [4.78, 5) is 26.4. The molecular weight excluding hydrogens is 466 g/mol. The van der Waals surface area contributed by atoms with Crippen LogP contribution in [0.5, 0.6) is 11.5 Å². The van der Waals surface area contributed by atoms with Crippen LogP contribution in [0.3, 0.4) is 0 Å². The number of aromatic nitrogens is 1. The highest BCUT2D eigenvalue weighted by Gasteiger charge is 2.16. The van der Waals surface area contributed by atoms with Crippen LogP contribution in [0.1, 0.15) is 11.1 Å². The lowest BCUT2D eigenvalue weighted by molar-refractivity contribution is -0.116. The number of pyridine rings is 1. The van der Waals surface area contributed by atoms with E-state index in [0.29, 0.717) is 39.8 Å². The molecule has 1 amide bonds. The Morgan fingerprint density at radius 1 is 0.943 bits per heavy atom. The van der Waals surface area contributed by atoms with Gasteiger partial charge in [0.2, 0.25) is 5.91 Å². The molecule has 0 atom stereocenters. The van der Waals surface area contributed by atoms with Crippen molar-refractivity contribution in [1.29, 1.82) is 0 Å². The van der Waals surface area contributed by atoms with E-state index < -0.39 is 0 Å². The van der Waals surface area contributed by atoms with Crippen molar-refractivity contribution >= 4 is 39.8 Å². The first-order valence-corrected chi connectivity index (χ1v) is 11.4. The van der Waals surface area contributed by atoms with Crippen LogP contribution in [0, 0.1) is 6.92 Å². The van der Waals surface area contributed by atoms with E-state index in [4.69, 9.17) is 21.1 Å². The summed E-state index contributed by atoms with van der Waals surface area (Å²) >= 11 is 6.03. The predicted octanol–water partition coefficient (Wildman–Crippen LogP) is 5.23. The maximum absolute atomic E-state index is 13.5. The number of anilines is 2. The van der Waals surface area contributed by atoms with Gasteiger partial charge in [0.15, 0.2) is 11.5 Å². The third-order valence-electron chi connectivity index (χ3n) is 5.62. The molecule has 0 bridgehead atoms. The zero-order chi connectivity index (χ0) is 24.9. The SMILES string of the molecule is COc1cc2cc(CNc3ccc(C)cc3)c(=O)n(CC(=O)Nc3cccc(Cl)c3)c2cc1OC. The lowest BCUT2D eigenvalue weighted by Gasteiger charge is -2.16. The number of carbonyl (C=O) groups excluding carboxylic acids is 1. The molecule has 2 N–H and O–H groups in total. The Kier molecular flexibility index (Phi) is 7.27. The highest BCUT2D eigenvalue weighted by molar-refractivity contribution is 6.30. The van der Waals surface area contributed by atoms with Gasteiger partial charge in [-0.1, -0.05) is 35.4 Å². The van der Waals surface area contributed by atoms with Crippen LogP contribution in [0.15, 0.2) is 71.5 Å². The second-order valence-electron chi connectivity index (χ2n) is 8.10. The van der Waals surface area contributed by atoms with Crippen molar-refractivity contribution in [3.05, 3.63) is 93.2 Å². The number of nitrogens with one attached hydrogen (secondary N) is 2. The summed E-state index contributed by atoms with van der Waals surface area (Å²) in [5, 5.41) is 7.34. The first-order chi connectivity index (χ1) is 16.9. The van der Waals surface area contributed by atoms with E-state index in [1.165, 1.54) is 11.7 Å². The van der Waals surface area contributed by atoms with Gasteiger partial charge in [-0.25, -0.2) is 0 Å². The molecule has 0 saturated carbocycles. The molecule has 0 fully saturated rings. The quantitative estimate of drug-likeness (QED) is 0.352. The largest absolute Gasteiger partial charge is 0.493 e. The van der Waals surface area contributed by atoms with Crippen molar-refractivity contribution in [2.24, 2.45) is 0 Å². The fourth-order valence-electron chi connectivity index (χ4n) is 3.83. The Labute approximate surface area is 208 Å². The topological polar surface area (TPSA) is 81.6 Å². The van der Waals surface area contributed by atoms with E-state index in [9.17, 15) is 9.59 Å². The summed E-state index contributed by atoms with van der Waals surface area (Å²) in [6, 6.07) is 20.1. The fraction of sp³-hybridized carbons (Fsp3) is 0.185. The first-order valence-electron chi connectivity index (χ1n) is 11.0. The van der Waals surface area contributed by atoms with Gasteiger partial charge in [0, 0.05) is 40.0 Å². The van der Waals surface area contributed by atoms with E-state index in [2.05, 4.69) is 10.6 Å². The fourth-order valence-corrected chi connectivity index (χ4v) is 4.02. The number of halogens is 1. The van der Waals surface area contributed by atoms with Crippen LogP contribution in [-0.4, -0.2) is 24.7 Å². The summed E-state index contributed by atoms with van der Waals surface area (Å²) in [5.74, 6) is 0.647. The van der Waals surface area contributed by atoms with Crippen LogP contribution in [0.25, 0.3) is 10.9 Å². The van der Waals surface area contributed by atoms with Gasteiger partial charge in [0.1, 0.15) is 6.54 Å². The molecule has 1 aromatic heterocycles. The van der Waals surface area contributed by atoms with Crippen LogP contribution in [-0.2, 0) is 17.9 Å². The normalized spacial score (nSPS) is 10.7. The standard InChI is InChI=1S/C27H26ClN3O4/c1-17-7-9-21(10-8-17)29-15-19-11-18-12-24(34-2)25(35-3)14-23(18)31(27(19)33)16-26(32)30-22-6-4-5-20(28)13-22/h4-14,29H,15-16H2,1-3H3,(H,30,32). The number of hydrogen-bond acceptors (Lipinski definition) is 5. The monoisotopic (exact) mass is 491 g/mol. The second-order valence-corrected chi connectivity index (χ2v) is 8.54. The van der Waals surface area contributed by atoms with Crippen LogP contribution >= 0.6 is 11.6 Å². The Morgan fingerprint density at radius 3 is 2.34 bits per heavy atom. The van der Waals surface area contributed by atoms with Crippen molar-refractivity contribution < 1.29 is 14.3 Å². The number of carbonyl (C=O) groups is 1. The lowest BCUT2D eigenvalue weighted by Crippen LogP contribution is -2.30. The summed E-state index contributed by atoms with van der Waals surface area (Å²) in [6.45, 7) is 2.12. The van der Waals surface area contributed by atoms with E-state index in [1.54, 1.807) is 43.5 Å². The smallest absolute Gasteiger partial charge is 0.256 e. The number of aryl methyl sites for hydroxylation is 1. The van der Waals surface area contributed by atoms with Gasteiger partial charge < -0.3 is 20.1 Å². The van der Waals surface area contributed by atoms with Crippen molar-refractivity contribution in [2.75, 3.05) is 24.9 Å². The summed E-state index contributed by atoms with van der Waals surface area (Å²) in [6.07, 6.45) is 0. The second kappa shape index (κ2) is 10.5. The lowest BCUT2D eigenvalue weighted by atomic mass is 10.1. The Morgan fingerprint density at radius 2 is 1.66 bits per heavy atom. The minimum absolute atomic E-state index is 0.185. The molecule has 7 nitrogen and oxygen atoms in total.